The van der Waals surface area contributed by atoms with Crippen molar-refractivity contribution in [2.24, 2.45) is 0 Å². The standard InChI is InChI=1S/C25H24O5/c1-3-19(20-5-7-21(8-6-20)27-14-24-16-29-24)4-2-18(1)13-26-22-9-11-23(12-10-22)28-15-25-17-30-25/h1-12,24-25H,13-17H2. The molecule has 2 heterocycles. The first-order valence-corrected chi connectivity index (χ1v) is 10.2. The van der Waals surface area contributed by atoms with E-state index in [-0.39, 0.29) is 12.2 Å². The van der Waals surface area contributed by atoms with Crippen LogP contribution in [0.1, 0.15) is 5.56 Å². The molecule has 0 saturated carbocycles. The van der Waals surface area contributed by atoms with E-state index in [1.165, 1.54) is 0 Å². The van der Waals surface area contributed by atoms with Crippen molar-refractivity contribution in [2.75, 3.05) is 26.4 Å². The van der Waals surface area contributed by atoms with Gasteiger partial charge in [-0.3, -0.25) is 0 Å². The Morgan fingerprint density at radius 3 is 1.43 bits per heavy atom. The summed E-state index contributed by atoms with van der Waals surface area (Å²) in [5, 5.41) is 0. The molecule has 2 fully saturated rings. The second-order valence-electron chi connectivity index (χ2n) is 7.51. The van der Waals surface area contributed by atoms with Crippen LogP contribution >= 0.6 is 0 Å². The molecule has 2 aliphatic rings. The van der Waals surface area contributed by atoms with Gasteiger partial charge in [0.15, 0.2) is 0 Å². The maximum atomic E-state index is 5.89. The smallest absolute Gasteiger partial charge is 0.120 e. The van der Waals surface area contributed by atoms with Crippen LogP contribution in [0.15, 0.2) is 72.8 Å². The number of hydrogen-bond acceptors (Lipinski definition) is 5. The summed E-state index contributed by atoms with van der Waals surface area (Å²) in [5.74, 6) is 2.53. The third-order valence-corrected chi connectivity index (χ3v) is 5.05. The van der Waals surface area contributed by atoms with E-state index in [1.807, 2.05) is 36.4 Å². The summed E-state index contributed by atoms with van der Waals surface area (Å²) in [4.78, 5) is 0. The highest BCUT2D eigenvalue weighted by Gasteiger charge is 2.23. The SMILES string of the molecule is c1cc(-c2ccc(OCC3CO3)cc2)ccc1COc1ccc(OCC2CO2)cc1. The van der Waals surface area contributed by atoms with Crippen LogP contribution in [-0.4, -0.2) is 38.6 Å². The zero-order chi connectivity index (χ0) is 20.2. The molecule has 154 valence electrons. The average Bonchev–Trinajstić information content (AvgIpc) is 3.71. The van der Waals surface area contributed by atoms with E-state index in [2.05, 4.69) is 36.4 Å². The molecule has 5 rings (SSSR count). The number of epoxide rings is 2. The molecular formula is C25H24O5. The molecule has 3 aromatic rings. The lowest BCUT2D eigenvalue weighted by molar-refractivity contribution is 0.262. The van der Waals surface area contributed by atoms with E-state index in [0.29, 0.717) is 19.8 Å². The molecule has 2 unspecified atom stereocenters. The third-order valence-electron chi connectivity index (χ3n) is 5.05. The molecular weight excluding hydrogens is 380 g/mol. The monoisotopic (exact) mass is 404 g/mol. The number of benzene rings is 3. The molecule has 30 heavy (non-hydrogen) atoms. The van der Waals surface area contributed by atoms with E-state index >= 15 is 0 Å². The Hall–Kier alpha value is -3.02. The highest BCUT2D eigenvalue weighted by atomic mass is 16.6. The van der Waals surface area contributed by atoms with Crippen molar-refractivity contribution in [3.63, 3.8) is 0 Å². The van der Waals surface area contributed by atoms with Crippen molar-refractivity contribution in [2.45, 2.75) is 18.8 Å². The molecule has 2 saturated heterocycles. The van der Waals surface area contributed by atoms with Crippen LogP contribution in [0.3, 0.4) is 0 Å². The van der Waals surface area contributed by atoms with Gasteiger partial charge < -0.3 is 23.7 Å². The van der Waals surface area contributed by atoms with E-state index in [9.17, 15) is 0 Å². The molecule has 0 amide bonds. The number of ether oxygens (including phenoxy) is 5. The van der Waals surface area contributed by atoms with Crippen molar-refractivity contribution in [1.82, 2.24) is 0 Å². The Morgan fingerprint density at radius 2 is 0.967 bits per heavy atom. The van der Waals surface area contributed by atoms with Crippen LogP contribution in [-0.2, 0) is 16.1 Å². The van der Waals surface area contributed by atoms with Gasteiger partial charge in [0.25, 0.3) is 0 Å². The minimum absolute atomic E-state index is 0.262. The Bertz CT molecular complexity index is 942. The summed E-state index contributed by atoms with van der Waals surface area (Å²) < 4.78 is 27.5. The lowest BCUT2D eigenvalue weighted by Crippen LogP contribution is -2.03. The van der Waals surface area contributed by atoms with E-state index in [0.717, 1.165) is 47.2 Å². The van der Waals surface area contributed by atoms with E-state index in [4.69, 9.17) is 23.7 Å². The highest BCUT2D eigenvalue weighted by Crippen LogP contribution is 2.25. The summed E-state index contributed by atoms with van der Waals surface area (Å²) in [6.45, 7) is 3.36. The van der Waals surface area contributed by atoms with Crippen LogP contribution in [0.2, 0.25) is 0 Å². The van der Waals surface area contributed by atoms with Crippen LogP contribution in [0.5, 0.6) is 17.2 Å². The lowest BCUT2D eigenvalue weighted by atomic mass is 10.0. The first-order valence-electron chi connectivity index (χ1n) is 10.2. The molecule has 3 aromatic carbocycles. The van der Waals surface area contributed by atoms with Crippen molar-refractivity contribution >= 4 is 0 Å². The fourth-order valence-electron chi connectivity index (χ4n) is 3.04. The maximum absolute atomic E-state index is 5.89. The van der Waals surface area contributed by atoms with Gasteiger partial charge in [-0.1, -0.05) is 36.4 Å². The van der Waals surface area contributed by atoms with Gasteiger partial charge in [-0.25, -0.2) is 0 Å². The summed E-state index contributed by atoms with van der Waals surface area (Å²) in [7, 11) is 0. The maximum Gasteiger partial charge on any atom is 0.120 e. The molecule has 0 aromatic heterocycles. The summed E-state index contributed by atoms with van der Waals surface area (Å²) in [6, 6.07) is 24.3. The van der Waals surface area contributed by atoms with Gasteiger partial charge in [-0.15, -0.1) is 0 Å². The van der Waals surface area contributed by atoms with Gasteiger partial charge in [0, 0.05) is 0 Å². The Balaban J connectivity index is 1.12. The van der Waals surface area contributed by atoms with Crippen LogP contribution in [0.4, 0.5) is 0 Å². The second-order valence-corrected chi connectivity index (χ2v) is 7.51. The van der Waals surface area contributed by atoms with Gasteiger partial charge in [0.2, 0.25) is 0 Å². The van der Waals surface area contributed by atoms with Crippen LogP contribution in [0.25, 0.3) is 11.1 Å². The average molecular weight is 404 g/mol. The number of rotatable bonds is 10. The molecule has 0 N–H and O–H groups in total. The zero-order valence-electron chi connectivity index (χ0n) is 16.7. The van der Waals surface area contributed by atoms with Crippen molar-refractivity contribution in [1.29, 1.82) is 0 Å². The van der Waals surface area contributed by atoms with Crippen molar-refractivity contribution < 1.29 is 23.7 Å². The molecule has 0 bridgehead atoms. The van der Waals surface area contributed by atoms with Crippen molar-refractivity contribution in [3.05, 3.63) is 78.4 Å². The highest BCUT2D eigenvalue weighted by molar-refractivity contribution is 5.64. The second kappa shape index (κ2) is 8.78. The van der Waals surface area contributed by atoms with Gasteiger partial charge >= 0.3 is 0 Å². The van der Waals surface area contributed by atoms with E-state index in [1.54, 1.807) is 0 Å². The van der Waals surface area contributed by atoms with Gasteiger partial charge in [-0.05, 0) is 53.1 Å². The van der Waals surface area contributed by atoms with E-state index < -0.39 is 0 Å². The summed E-state index contributed by atoms with van der Waals surface area (Å²) in [6.07, 6.45) is 0.533. The molecule has 2 aliphatic heterocycles. The molecule has 5 heteroatoms. The summed E-state index contributed by atoms with van der Waals surface area (Å²) in [5.41, 5.74) is 3.44. The first kappa shape index (κ1) is 19.0. The minimum atomic E-state index is 0.262. The van der Waals surface area contributed by atoms with Crippen molar-refractivity contribution in [3.8, 4) is 28.4 Å². The lowest BCUT2D eigenvalue weighted by Gasteiger charge is -2.09. The van der Waals surface area contributed by atoms with Crippen LogP contribution < -0.4 is 14.2 Å². The fourth-order valence-corrected chi connectivity index (χ4v) is 3.04. The zero-order valence-corrected chi connectivity index (χ0v) is 16.7. The topological polar surface area (TPSA) is 52.8 Å². The first-order chi connectivity index (χ1) is 14.8. The normalized spacial score (nSPS) is 19.2. The fraction of sp³-hybridized carbons (Fsp3) is 0.280. The Kier molecular flexibility index (Phi) is 5.55. The molecule has 0 spiro atoms. The predicted molar refractivity (Wildman–Crippen MR) is 113 cm³/mol. The largest absolute Gasteiger partial charge is 0.491 e. The molecule has 2 atom stereocenters. The quantitative estimate of drug-likeness (QED) is 0.466. The molecule has 0 aliphatic carbocycles. The van der Waals surface area contributed by atoms with Crippen LogP contribution in [0, 0.1) is 0 Å². The predicted octanol–water partition coefficient (Wildman–Crippen LogP) is 4.49. The Morgan fingerprint density at radius 1 is 0.567 bits per heavy atom. The molecule has 5 nitrogen and oxygen atoms in total. The number of hydrogen-bond donors (Lipinski definition) is 0. The van der Waals surface area contributed by atoms with Gasteiger partial charge in [0.05, 0.1) is 13.2 Å². The third kappa shape index (κ3) is 5.32. The van der Waals surface area contributed by atoms with Gasteiger partial charge in [-0.2, -0.15) is 0 Å². The molecule has 0 radical (unpaired) electrons. The Labute approximate surface area is 176 Å². The minimum Gasteiger partial charge on any atom is -0.491 e. The summed E-state index contributed by atoms with van der Waals surface area (Å²) >= 11 is 0. The van der Waals surface area contributed by atoms with Gasteiger partial charge in [0.1, 0.15) is 49.3 Å².